The van der Waals surface area contributed by atoms with Crippen molar-refractivity contribution in [1.29, 1.82) is 0 Å². The highest BCUT2D eigenvalue weighted by Gasteiger charge is 2.38. The highest BCUT2D eigenvalue weighted by molar-refractivity contribution is 6.09. The standard InChI is InChI=1S/C18H18N4O/c23-18(22-9-11-6-19-7-12(11)10-22)16-5-14-13-3-1-2-4-15(13)21-17(14)8-20-16/h1-5,8,11-12,19,21H,6-7,9-10H2/t11-,12+. The molecular weight excluding hydrogens is 288 g/mol. The highest BCUT2D eigenvalue weighted by Crippen LogP contribution is 2.29. The van der Waals surface area contributed by atoms with E-state index < -0.39 is 0 Å². The van der Waals surface area contributed by atoms with Crippen LogP contribution in [-0.4, -0.2) is 47.0 Å². The summed E-state index contributed by atoms with van der Waals surface area (Å²) in [5, 5.41) is 5.62. The van der Waals surface area contributed by atoms with Gasteiger partial charge in [-0.2, -0.15) is 0 Å². The van der Waals surface area contributed by atoms with Crippen molar-refractivity contribution >= 4 is 27.7 Å². The number of nitrogens with zero attached hydrogens (tertiary/aromatic N) is 2. The van der Waals surface area contributed by atoms with E-state index in [1.54, 1.807) is 6.20 Å². The Hall–Kier alpha value is -2.40. The number of para-hydroxylation sites is 1. The van der Waals surface area contributed by atoms with E-state index in [4.69, 9.17) is 0 Å². The van der Waals surface area contributed by atoms with Crippen LogP contribution in [0.5, 0.6) is 0 Å². The fourth-order valence-corrected chi connectivity index (χ4v) is 4.05. The average Bonchev–Trinajstić information content (AvgIpc) is 3.26. The Morgan fingerprint density at radius 2 is 1.87 bits per heavy atom. The number of nitrogens with one attached hydrogen (secondary N) is 2. The summed E-state index contributed by atoms with van der Waals surface area (Å²) >= 11 is 0. The molecule has 5 nitrogen and oxygen atoms in total. The van der Waals surface area contributed by atoms with Gasteiger partial charge in [-0.25, -0.2) is 4.98 Å². The van der Waals surface area contributed by atoms with Gasteiger partial charge in [0, 0.05) is 42.5 Å². The first kappa shape index (κ1) is 13.1. The predicted octanol–water partition coefficient (Wildman–Crippen LogP) is 2.01. The number of aromatic amines is 1. The number of hydrogen-bond donors (Lipinski definition) is 2. The third kappa shape index (κ3) is 1.96. The van der Waals surface area contributed by atoms with E-state index in [2.05, 4.69) is 21.4 Å². The molecule has 2 N–H and O–H groups in total. The second-order valence-electron chi connectivity index (χ2n) is 6.67. The van der Waals surface area contributed by atoms with Crippen molar-refractivity contribution < 1.29 is 4.79 Å². The number of fused-ring (bicyclic) bond motifs is 4. The number of hydrogen-bond acceptors (Lipinski definition) is 3. The minimum atomic E-state index is 0.0616. The Kier molecular flexibility index (Phi) is 2.73. The minimum Gasteiger partial charge on any atom is -0.353 e. The summed E-state index contributed by atoms with van der Waals surface area (Å²) in [4.78, 5) is 22.5. The van der Waals surface area contributed by atoms with Crippen LogP contribution in [0.4, 0.5) is 0 Å². The Balaban J connectivity index is 1.52. The zero-order valence-corrected chi connectivity index (χ0v) is 12.7. The molecule has 2 aliphatic rings. The van der Waals surface area contributed by atoms with E-state index >= 15 is 0 Å². The van der Waals surface area contributed by atoms with Gasteiger partial charge < -0.3 is 15.2 Å². The summed E-state index contributed by atoms with van der Waals surface area (Å²) < 4.78 is 0. The number of amides is 1. The average molecular weight is 306 g/mol. The molecule has 0 bridgehead atoms. The van der Waals surface area contributed by atoms with Crippen molar-refractivity contribution in [3.05, 3.63) is 42.2 Å². The van der Waals surface area contributed by atoms with E-state index in [9.17, 15) is 4.79 Å². The Morgan fingerprint density at radius 3 is 2.70 bits per heavy atom. The maximum absolute atomic E-state index is 12.8. The Morgan fingerprint density at radius 1 is 1.09 bits per heavy atom. The summed E-state index contributed by atoms with van der Waals surface area (Å²) in [5.74, 6) is 1.28. The van der Waals surface area contributed by atoms with Crippen LogP contribution in [0.25, 0.3) is 21.8 Å². The maximum Gasteiger partial charge on any atom is 0.272 e. The summed E-state index contributed by atoms with van der Waals surface area (Å²) in [6.45, 7) is 3.76. The largest absolute Gasteiger partial charge is 0.353 e. The van der Waals surface area contributed by atoms with Gasteiger partial charge in [-0.1, -0.05) is 18.2 Å². The molecule has 2 aliphatic heterocycles. The number of rotatable bonds is 1. The van der Waals surface area contributed by atoms with E-state index in [-0.39, 0.29) is 5.91 Å². The van der Waals surface area contributed by atoms with Gasteiger partial charge in [-0.05, 0) is 24.0 Å². The van der Waals surface area contributed by atoms with Crippen LogP contribution in [0.3, 0.4) is 0 Å². The molecule has 1 aromatic carbocycles. The first-order valence-electron chi connectivity index (χ1n) is 8.16. The zero-order chi connectivity index (χ0) is 15.4. The summed E-state index contributed by atoms with van der Waals surface area (Å²) in [6.07, 6.45) is 1.78. The molecule has 5 heteroatoms. The SMILES string of the molecule is O=C(c1cc2c(cn1)[nH]c1ccccc12)N1C[C@H]2CNC[C@H]2C1. The van der Waals surface area contributed by atoms with Gasteiger partial charge in [0.25, 0.3) is 5.91 Å². The summed E-state index contributed by atoms with van der Waals surface area (Å²) in [6, 6.07) is 10.1. The van der Waals surface area contributed by atoms with Gasteiger partial charge in [0.15, 0.2) is 0 Å². The lowest BCUT2D eigenvalue weighted by atomic mass is 10.0. The van der Waals surface area contributed by atoms with Gasteiger partial charge in [-0.15, -0.1) is 0 Å². The lowest BCUT2D eigenvalue weighted by Gasteiger charge is -2.16. The van der Waals surface area contributed by atoms with Gasteiger partial charge in [0.05, 0.1) is 11.7 Å². The highest BCUT2D eigenvalue weighted by atomic mass is 16.2. The Bertz CT molecular complexity index is 904. The molecule has 0 saturated carbocycles. The van der Waals surface area contributed by atoms with Crippen LogP contribution in [0.15, 0.2) is 36.5 Å². The van der Waals surface area contributed by atoms with E-state index in [1.807, 2.05) is 29.2 Å². The van der Waals surface area contributed by atoms with Gasteiger partial charge in [-0.3, -0.25) is 4.79 Å². The van der Waals surface area contributed by atoms with Crippen LogP contribution in [0.2, 0.25) is 0 Å². The molecule has 5 rings (SSSR count). The number of pyridine rings is 1. The third-order valence-electron chi connectivity index (χ3n) is 5.29. The summed E-state index contributed by atoms with van der Waals surface area (Å²) in [5.41, 5.74) is 2.61. The van der Waals surface area contributed by atoms with Gasteiger partial charge in [0.2, 0.25) is 0 Å². The first-order valence-corrected chi connectivity index (χ1v) is 8.16. The third-order valence-corrected chi connectivity index (χ3v) is 5.29. The molecule has 0 radical (unpaired) electrons. The molecule has 2 atom stereocenters. The summed E-state index contributed by atoms with van der Waals surface area (Å²) in [7, 11) is 0. The monoisotopic (exact) mass is 306 g/mol. The molecule has 3 aromatic rings. The van der Waals surface area contributed by atoms with Crippen LogP contribution >= 0.6 is 0 Å². The molecule has 0 unspecified atom stereocenters. The molecular formula is C18H18N4O. The van der Waals surface area contributed by atoms with Crippen molar-refractivity contribution in [1.82, 2.24) is 20.2 Å². The number of carbonyl (C=O) groups is 1. The molecule has 2 saturated heterocycles. The van der Waals surface area contributed by atoms with Crippen molar-refractivity contribution in [2.45, 2.75) is 0 Å². The molecule has 4 heterocycles. The van der Waals surface area contributed by atoms with Crippen molar-refractivity contribution in [3.8, 4) is 0 Å². The fraction of sp³-hybridized carbons (Fsp3) is 0.333. The molecule has 0 spiro atoms. The van der Waals surface area contributed by atoms with Crippen LogP contribution in [0.1, 0.15) is 10.5 Å². The lowest BCUT2D eigenvalue weighted by molar-refractivity contribution is 0.0776. The molecule has 2 aromatic heterocycles. The molecule has 2 fully saturated rings. The predicted molar refractivity (Wildman–Crippen MR) is 89.4 cm³/mol. The van der Waals surface area contributed by atoms with E-state index in [0.29, 0.717) is 17.5 Å². The topological polar surface area (TPSA) is 61.0 Å². The number of likely N-dealkylation sites (tertiary alicyclic amines) is 1. The molecule has 1 amide bonds. The maximum atomic E-state index is 12.8. The molecule has 116 valence electrons. The van der Waals surface area contributed by atoms with Crippen LogP contribution in [-0.2, 0) is 0 Å². The number of aromatic nitrogens is 2. The quantitative estimate of drug-likeness (QED) is 0.723. The Labute approximate surface area is 133 Å². The lowest BCUT2D eigenvalue weighted by Crippen LogP contribution is -2.32. The van der Waals surface area contributed by atoms with Crippen LogP contribution < -0.4 is 5.32 Å². The van der Waals surface area contributed by atoms with Crippen LogP contribution in [0, 0.1) is 11.8 Å². The molecule has 0 aliphatic carbocycles. The van der Waals surface area contributed by atoms with E-state index in [0.717, 1.165) is 48.0 Å². The van der Waals surface area contributed by atoms with Gasteiger partial charge >= 0.3 is 0 Å². The number of carbonyl (C=O) groups excluding carboxylic acids is 1. The molecule has 23 heavy (non-hydrogen) atoms. The van der Waals surface area contributed by atoms with E-state index in [1.165, 1.54) is 0 Å². The normalized spacial score (nSPS) is 23.7. The van der Waals surface area contributed by atoms with Crippen molar-refractivity contribution in [2.75, 3.05) is 26.2 Å². The van der Waals surface area contributed by atoms with Crippen molar-refractivity contribution in [2.24, 2.45) is 11.8 Å². The first-order chi connectivity index (χ1) is 11.3. The second kappa shape index (κ2) is 4.80. The fourth-order valence-electron chi connectivity index (χ4n) is 4.05. The van der Waals surface area contributed by atoms with Crippen molar-refractivity contribution in [3.63, 3.8) is 0 Å². The number of H-pyrrole nitrogens is 1. The second-order valence-corrected chi connectivity index (χ2v) is 6.67. The van der Waals surface area contributed by atoms with Gasteiger partial charge in [0.1, 0.15) is 5.69 Å². The zero-order valence-electron chi connectivity index (χ0n) is 12.7. The number of benzene rings is 1. The minimum absolute atomic E-state index is 0.0616. The smallest absolute Gasteiger partial charge is 0.272 e.